The number of carbonyl (C=O) groups is 1. The highest BCUT2D eigenvalue weighted by atomic mass is 16.5. The van der Waals surface area contributed by atoms with Gasteiger partial charge in [-0.1, -0.05) is 18.2 Å². The Morgan fingerprint density at radius 2 is 2.14 bits per heavy atom. The molecular weight excluding hydrogens is 180 g/mol. The molecule has 0 atom stereocenters. The topological polar surface area (TPSA) is 44.1 Å². The number of rotatable bonds is 0. The first kappa shape index (κ1) is 7.70. The van der Waals surface area contributed by atoms with Crippen LogP contribution in [0.25, 0.3) is 10.9 Å². The fourth-order valence-corrected chi connectivity index (χ4v) is 1.73. The molecule has 1 aliphatic rings. The predicted octanol–water partition coefficient (Wildman–Crippen LogP) is 1.21. The van der Waals surface area contributed by atoms with E-state index in [9.17, 15) is 4.79 Å². The second-order valence-corrected chi connectivity index (χ2v) is 3.26. The molecule has 1 aromatic heterocycles. The van der Waals surface area contributed by atoms with E-state index < -0.39 is 0 Å². The zero-order valence-electron chi connectivity index (χ0n) is 7.43. The highest BCUT2D eigenvalue weighted by Crippen LogP contribution is 2.20. The first-order valence-corrected chi connectivity index (χ1v) is 4.44. The summed E-state index contributed by atoms with van der Waals surface area (Å²) in [5, 5.41) is 5.22. The summed E-state index contributed by atoms with van der Waals surface area (Å²) in [7, 11) is 0. The minimum absolute atomic E-state index is 0.0950. The van der Waals surface area contributed by atoms with Gasteiger partial charge in [0.25, 0.3) is 5.91 Å². The van der Waals surface area contributed by atoms with Gasteiger partial charge in [0.15, 0.2) is 0 Å². The Morgan fingerprint density at radius 3 is 3.07 bits per heavy atom. The molecule has 14 heavy (non-hydrogen) atoms. The van der Waals surface area contributed by atoms with E-state index in [4.69, 9.17) is 4.74 Å². The minimum atomic E-state index is -0.0950. The summed E-state index contributed by atoms with van der Waals surface area (Å²) < 4.78 is 6.62. The van der Waals surface area contributed by atoms with Crippen molar-refractivity contribution in [2.75, 3.05) is 6.61 Å². The van der Waals surface area contributed by atoms with Crippen molar-refractivity contribution in [3.63, 3.8) is 0 Å². The average molecular weight is 188 g/mol. The van der Waals surface area contributed by atoms with E-state index in [1.54, 1.807) is 0 Å². The van der Waals surface area contributed by atoms with Crippen LogP contribution in [0.15, 0.2) is 24.3 Å². The molecule has 0 radical (unpaired) electrons. The van der Waals surface area contributed by atoms with Crippen molar-refractivity contribution in [3.8, 4) is 0 Å². The SMILES string of the molecule is O=C1COCc2c3ccccc3nn21. The van der Waals surface area contributed by atoms with Gasteiger partial charge >= 0.3 is 0 Å². The molecule has 0 N–H and O–H groups in total. The summed E-state index contributed by atoms with van der Waals surface area (Å²) in [6.45, 7) is 0.591. The Kier molecular flexibility index (Phi) is 1.46. The van der Waals surface area contributed by atoms with E-state index >= 15 is 0 Å². The number of carbonyl (C=O) groups excluding carboxylic acids is 1. The molecule has 1 aromatic carbocycles. The number of hydrogen-bond acceptors (Lipinski definition) is 3. The van der Waals surface area contributed by atoms with Crippen LogP contribution in [0.1, 0.15) is 10.5 Å². The lowest BCUT2D eigenvalue weighted by molar-refractivity contribution is 0.0506. The molecule has 2 heterocycles. The highest BCUT2D eigenvalue weighted by Gasteiger charge is 2.20. The average Bonchev–Trinajstić information content (AvgIpc) is 2.59. The standard InChI is InChI=1S/C10H8N2O2/c13-10-6-14-5-9-7-3-1-2-4-8(7)11-12(9)10/h1-4H,5-6H2. The smallest absolute Gasteiger partial charge is 0.273 e. The number of ether oxygens (including phenoxy) is 1. The van der Waals surface area contributed by atoms with Gasteiger partial charge in [-0.25, -0.2) is 0 Å². The summed E-state index contributed by atoms with van der Waals surface area (Å²) >= 11 is 0. The lowest BCUT2D eigenvalue weighted by Gasteiger charge is -2.12. The quantitative estimate of drug-likeness (QED) is 0.624. The van der Waals surface area contributed by atoms with E-state index in [2.05, 4.69) is 5.10 Å². The van der Waals surface area contributed by atoms with Crippen molar-refractivity contribution in [3.05, 3.63) is 30.0 Å². The van der Waals surface area contributed by atoms with Crippen LogP contribution in [0.3, 0.4) is 0 Å². The lowest BCUT2D eigenvalue weighted by atomic mass is 10.2. The van der Waals surface area contributed by atoms with Crippen LogP contribution < -0.4 is 0 Å². The fraction of sp³-hybridized carbons (Fsp3) is 0.200. The second kappa shape index (κ2) is 2.65. The number of benzene rings is 1. The van der Waals surface area contributed by atoms with Crippen molar-refractivity contribution >= 4 is 16.8 Å². The second-order valence-electron chi connectivity index (χ2n) is 3.26. The van der Waals surface area contributed by atoms with Gasteiger partial charge in [0.05, 0.1) is 17.8 Å². The largest absolute Gasteiger partial charge is 0.365 e. The normalized spacial score (nSPS) is 15.9. The summed E-state index contributed by atoms with van der Waals surface area (Å²) in [5.41, 5.74) is 1.71. The van der Waals surface area contributed by atoms with E-state index in [-0.39, 0.29) is 12.5 Å². The van der Waals surface area contributed by atoms with Crippen LogP contribution in [-0.4, -0.2) is 22.3 Å². The fourth-order valence-electron chi connectivity index (χ4n) is 1.73. The third-order valence-corrected chi connectivity index (χ3v) is 2.38. The predicted molar refractivity (Wildman–Crippen MR) is 50.0 cm³/mol. The van der Waals surface area contributed by atoms with Crippen LogP contribution >= 0.6 is 0 Å². The lowest BCUT2D eigenvalue weighted by Crippen LogP contribution is -2.26. The Bertz CT molecular complexity index is 516. The molecular formula is C10H8N2O2. The first-order chi connectivity index (χ1) is 6.86. The van der Waals surface area contributed by atoms with Crippen LogP contribution in [-0.2, 0) is 11.3 Å². The molecule has 4 nitrogen and oxygen atoms in total. The molecule has 4 heteroatoms. The van der Waals surface area contributed by atoms with Crippen LogP contribution in [0.2, 0.25) is 0 Å². The summed E-state index contributed by atoms with van der Waals surface area (Å²) in [6.07, 6.45) is 0. The van der Waals surface area contributed by atoms with E-state index in [1.165, 1.54) is 4.68 Å². The molecule has 3 rings (SSSR count). The molecule has 1 aliphatic heterocycles. The number of hydrogen-bond donors (Lipinski definition) is 0. The summed E-state index contributed by atoms with van der Waals surface area (Å²) in [6, 6.07) is 7.70. The van der Waals surface area contributed by atoms with Crippen LogP contribution in [0.5, 0.6) is 0 Å². The molecule has 0 amide bonds. The van der Waals surface area contributed by atoms with Gasteiger partial charge in [0.2, 0.25) is 0 Å². The molecule has 0 saturated heterocycles. The van der Waals surface area contributed by atoms with E-state index in [0.29, 0.717) is 6.61 Å². The molecule has 0 saturated carbocycles. The molecule has 0 aliphatic carbocycles. The summed E-state index contributed by atoms with van der Waals surface area (Å²) in [5.74, 6) is -0.0950. The zero-order valence-corrected chi connectivity index (χ0v) is 7.43. The number of aromatic nitrogens is 2. The Morgan fingerprint density at radius 1 is 1.29 bits per heavy atom. The third-order valence-electron chi connectivity index (χ3n) is 2.38. The van der Waals surface area contributed by atoms with Crippen molar-refractivity contribution in [1.29, 1.82) is 0 Å². The molecule has 2 aromatic rings. The molecule has 0 unspecified atom stereocenters. The third kappa shape index (κ3) is 0.914. The zero-order chi connectivity index (χ0) is 9.54. The highest BCUT2D eigenvalue weighted by molar-refractivity contribution is 5.89. The molecule has 0 bridgehead atoms. The molecule has 70 valence electrons. The number of nitrogens with zero attached hydrogens (tertiary/aromatic N) is 2. The van der Waals surface area contributed by atoms with Gasteiger partial charge in [-0.3, -0.25) is 4.79 Å². The van der Waals surface area contributed by atoms with Gasteiger partial charge < -0.3 is 4.74 Å². The van der Waals surface area contributed by atoms with Crippen molar-refractivity contribution in [2.24, 2.45) is 0 Å². The summed E-state index contributed by atoms with van der Waals surface area (Å²) in [4.78, 5) is 11.4. The van der Waals surface area contributed by atoms with Crippen molar-refractivity contribution in [1.82, 2.24) is 9.78 Å². The van der Waals surface area contributed by atoms with E-state index in [0.717, 1.165) is 16.6 Å². The Balaban J connectivity index is 2.38. The van der Waals surface area contributed by atoms with Gasteiger partial charge in [0.1, 0.15) is 6.61 Å². The first-order valence-electron chi connectivity index (χ1n) is 4.44. The van der Waals surface area contributed by atoms with E-state index in [1.807, 2.05) is 24.3 Å². The van der Waals surface area contributed by atoms with Gasteiger partial charge in [0, 0.05) is 5.39 Å². The van der Waals surface area contributed by atoms with Gasteiger partial charge in [-0.15, -0.1) is 0 Å². The Hall–Kier alpha value is -1.68. The maximum Gasteiger partial charge on any atom is 0.273 e. The van der Waals surface area contributed by atoms with Gasteiger partial charge in [-0.05, 0) is 6.07 Å². The maximum absolute atomic E-state index is 11.4. The minimum Gasteiger partial charge on any atom is -0.365 e. The van der Waals surface area contributed by atoms with Gasteiger partial charge in [-0.2, -0.15) is 9.78 Å². The number of fused-ring (bicyclic) bond motifs is 3. The van der Waals surface area contributed by atoms with Crippen molar-refractivity contribution < 1.29 is 9.53 Å². The molecule has 0 fully saturated rings. The maximum atomic E-state index is 11.4. The monoisotopic (exact) mass is 188 g/mol. The van der Waals surface area contributed by atoms with Crippen LogP contribution in [0.4, 0.5) is 0 Å². The van der Waals surface area contributed by atoms with Crippen LogP contribution in [0, 0.1) is 0 Å². The molecule has 0 spiro atoms. The van der Waals surface area contributed by atoms with Crippen molar-refractivity contribution in [2.45, 2.75) is 6.61 Å². The Labute approximate surface area is 80.1 Å².